The fourth-order valence-corrected chi connectivity index (χ4v) is 6.29. The van der Waals surface area contributed by atoms with Crippen LogP contribution in [0.4, 0.5) is 0 Å². The molecule has 2 aromatic rings. The molecule has 0 radical (unpaired) electrons. The van der Waals surface area contributed by atoms with Crippen LogP contribution < -0.4 is 5.32 Å². The lowest BCUT2D eigenvalue weighted by Crippen LogP contribution is -2.34. The summed E-state index contributed by atoms with van der Waals surface area (Å²) >= 11 is 0. The molecular weight excluding hydrogens is 544 g/mol. The first-order valence-corrected chi connectivity index (χ1v) is 15.2. The van der Waals surface area contributed by atoms with Gasteiger partial charge >= 0.3 is 0 Å². The van der Waals surface area contributed by atoms with E-state index in [9.17, 15) is 10.2 Å². The highest BCUT2D eigenvalue weighted by Gasteiger charge is 2.20. The topological polar surface area (TPSA) is 122 Å². The van der Waals surface area contributed by atoms with Crippen molar-refractivity contribution in [3.63, 3.8) is 0 Å². The minimum atomic E-state index is -0.0825. The van der Waals surface area contributed by atoms with Gasteiger partial charge in [0.15, 0.2) is 0 Å². The lowest BCUT2D eigenvalue weighted by atomic mass is 10.1. The number of nitrogens with zero attached hydrogens (tertiary/aromatic N) is 3. The molecule has 0 aliphatic heterocycles. The Hall–Kier alpha value is -0.950. The molecule has 0 aliphatic carbocycles. The Bertz CT molecular complexity index is 865. The first-order valence-electron chi connectivity index (χ1n) is 12.7. The summed E-state index contributed by atoms with van der Waals surface area (Å²) in [5, 5.41) is 39.5. The van der Waals surface area contributed by atoms with Gasteiger partial charge in [0.05, 0.1) is 49.2 Å². The molecule has 0 spiro atoms. The van der Waals surface area contributed by atoms with Gasteiger partial charge in [-0.2, -0.15) is 0 Å². The van der Waals surface area contributed by atoms with Crippen LogP contribution >= 0.6 is 34.0 Å². The van der Waals surface area contributed by atoms with Gasteiger partial charge in [-0.3, -0.25) is 9.97 Å². The van der Waals surface area contributed by atoms with Crippen molar-refractivity contribution in [1.82, 2.24) is 20.2 Å². The van der Waals surface area contributed by atoms with Crippen molar-refractivity contribution in [2.75, 3.05) is 40.0 Å². The molecule has 2 aromatic heterocycles. The molecule has 0 unspecified atom stereocenters. The number of aromatic nitrogens is 2. The van der Waals surface area contributed by atoms with E-state index in [0.717, 1.165) is 56.4 Å². The number of rotatable bonds is 16. The summed E-state index contributed by atoms with van der Waals surface area (Å²) in [6, 6.07) is 7.61. The fraction of sp³-hybridized carbons (Fsp3) is 0.630. The average Bonchev–Trinajstić information content (AvgIpc) is 2.88. The lowest BCUT2D eigenvalue weighted by Gasteiger charge is -2.28. The molecule has 0 amide bonds. The molecule has 0 saturated heterocycles. The molecule has 38 heavy (non-hydrogen) atoms. The highest BCUT2D eigenvalue weighted by molar-refractivity contribution is 8.76. The molecule has 218 valence electrons. The number of aliphatic hydroxyl groups excluding tert-OH is 4. The van der Waals surface area contributed by atoms with Gasteiger partial charge in [-0.25, -0.2) is 0 Å². The van der Waals surface area contributed by atoms with Crippen molar-refractivity contribution in [2.45, 2.75) is 70.7 Å². The van der Waals surface area contributed by atoms with Crippen molar-refractivity contribution < 1.29 is 20.4 Å². The van der Waals surface area contributed by atoms with Crippen LogP contribution in [0.1, 0.15) is 60.6 Å². The summed E-state index contributed by atoms with van der Waals surface area (Å²) < 4.78 is 0.249. The van der Waals surface area contributed by atoms with Crippen LogP contribution in [0.3, 0.4) is 0 Å². The maximum Gasteiger partial charge on any atom is 0.0853 e. The Labute approximate surface area is 242 Å². The molecule has 2 rings (SSSR count). The van der Waals surface area contributed by atoms with E-state index < -0.39 is 0 Å². The van der Waals surface area contributed by atoms with E-state index in [-0.39, 0.29) is 43.6 Å². The Morgan fingerprint density at radius 3 is 1.61 bits per heavy atom. The van der Waals surface area contributed by atoms with E-state index in [1.54, 1.807) is 0 Å². The van der Waals surface area contributed by atoms with E-state index >= 15 is 0 Å². The van der Waals surface area contributed by atoms with E-state index in [2.05, 4.69) is 47.3 Å². The number of aliphatic hydroxyl groups is 4. The van der Waals surface area contributed by atoms with Gasteiger partial charge in [0.2, 0.25) is 0 Å². The van der Waals surface area contributed by atoms with Crippen LogP contribution in [-0.4, -0.2) is 80.0 Å². The summed E-state index contributed by atoms with van der Waals surface area (Å²) in [6.45, 7) is 7.28. The lowest BCUT2D eigenvalue weighted by molar-refractivity contribution is 0.265. The van der Waals surface area contributed by atoms with Crippen molar-refractivity contribution in [3.05, 3.63) is 58.2 Å². The Kier molecular flexibility index (Phi) is 20.4. The smallest absolute Gasteiger partial charge is 0.0853 e. The SMILES string of the molecule is CNCCCc1cc(CO)nc(CO)c1.CSSC(C)(C)CN(C)CCCc1cc(CO)nc(CO)c1.Cl. The predicted molar refractivity (Wildman–Crippen MR) is 163 cm³/mol. The third-order valence-electron chi connectivity index (χ3n) is 5.49. The second kappa shape index (κ2) is 20.9. The number of aryl methyl sites for hydroxylation is 2. The number of nitrogens with one attached hydrogen (secondary N) is 1. The van der Waals surface area contributed by atoms with Gasteiger partial charge in [0.1, 0.15) is 0 Å². The molecule has 0 saturated carbocycles. The van der Waals surface area contributed by atoms with Gasteiger partial charge in [-0.05, 0) is 108 Å². The van der Waals surface area contributed by atoms with Crippen LogP contribution in [0, 0.1) is 0 Å². The van der Waals surface area contributed by atoms with E-state index in [4.69, 9.17) is 10.2 Å². The minimum Gasteiger partial charge on any atom is -0.390 e. The Balaban J connectivity index is 0.000000750. The normalized spacial score (nSPS) is 11.2. The first kappa shape index (κ1) is 37.0. The highest BCUT2D eigenvalue weighted by Crippen LogP contribution is 2.33. The van der Waals surface area contributed by atoms with Crippen molar-refractivity contribution >= 4 is 34.0 Å². The quantitative estimate of drug-likeness (QED) is 0.147. The maximum atomic E-state index is 9.22. The van der Waals surface area contributed by atoms with E-state index in [1.165, 1.54) is 0 Å². The number of hydrogen-bond donors (Lipinski definition) is 5. The molecule has 2 heterocycles. The van der Waals surface area contributed by atoms with Gasteiger partial charge in [0, 0.05) is 11.3 Å². The van der Waals surface area contributed by atoms with Gasteiger partial charge < -0.3 is 30.6 Å². The summed E-state index contributed by atoms with van der Waals surface area (Å²) in [7, 11) is 7.81. The second-order valence-corrected chi connectivity index (χ2v) is 12.7. The zero-order valence-electron chi connectivity index (χ0n) is 23.4. The third-order valence-corrected chi connectivity index (χ3v) is 8.09. The van der Waals surface area contributed by atoms with Crippen LogP contribution in [0.2, 0.25) is 0 Å². The molecule has 0 bridgehead atoms. The zero-order chi connectivity index (χ0) is 27.7. The first-order chi connectivity index (χ1) is 17.7. The number of pyridine rings is 2. The average molecular weight is 591 g/mol. The van der Waals surface area contributed by atoms with E-state index in [0.29, 0.717) is 22.8 Å². The second-order valence-electron chi connectivity index (χ2n) is 9.61. The summed E-state index contributed by atoms with van der Waals surface area (Å²) in [6.07, 6.45) is 6.08. The summed E-state index contributed by atoms with van der Waals surface area (Å²) in [4.78, 5) is 10.6. The maximum absolute atomic E-state index is 9.22. The molecule has 5 N–H and O–H groups in total. The minimum absolute atomic E-state index is 0. The third kappa shape index (κ3) is 15.6. The van der Waals surface area contributed by atoms with Gasteiger partial charge in [-0.15, -0.1) is 12.4 Å². The monoisotopic (exact) mass is 590 g/mol. The van der Waals surface area contributed by atoms with Crippen LogP contribution in [0.5, 0.6) is 0 Å². The summed E-state index contributed by atoms with van der Waals surface area (Å²) in [5.41, 5.74) is 4.77. The van der Waals surface area contributed by atoms with Gasteiger partial charge in [-0.1, -0.05) is 21.6 Å². The molecule has 0 fully saturated rings. The highest BCUT2D eigenvalue weighted by atomic mass is 35.5. The Morgan fingerprint density at radius 2 is 1.24 bits per heavy atom. The molecule has 0 aromatic carbocycles. The fourth-order valence-electron chi connectivity index (χ4n) is 4.05. The van der Waals surface area contributed by atoms with E-state index in [1.807, 2.05) is 52.9 Å². The van der Waals surface area contributed by atoms with Crippen molar-refractivity contribution in [2.24, 2.45) is 0 Å². The van der Waals surface area contributed by atoms with Crippen molar-refractivity contribution in [1.29, 1.82) is 0 Å². The summed E-state index contributed by atoms with van der Waals surface area (Å²) in [5.74, 6) is 0. The molecule has 0 aliphatic rings. The molecular formula is C27H47ClN4O4S2. The molecule has 0 atom stereocenters. The van der Waals surface area contributed by atoms with Gasteiger partial charge in [0.25, 0.3) is 0 Å². The molecule has 11 heteroatoms. The molecule has 8 nitrogen and oxygen atoms in total. The zero-order valence-corrected chi connectivity index (χ0v) is 25.9. The van der Waals surface area contributed by atoms with Crippen LogP contribution in [0.15, 0.2) is 24.3 Å². The number of hydrogen-bond acceptors (Lipinski definition) is 10. The largest absolute Gasteiger partial charge is 0.390 e. The standard InChI is InChI=1S/C16H28N2O2S2.C11H18N2O2.ClH/c1-16(2,22-21-4)12-18(3)7-5-6-13-8-14(10-19)17-15(9-13)11-20;1-12-4-2-3-9-5-10(7-14)13-11(6-9)8-15;/h8-9,19-20H,5-7,10-12H2,1-4H3;5-6,12,14-15H,2-4,7-8H2,1H3;1H. The van der Waals surface area contributed by atoms with Crippen molar-refractivity contribution in [3.8, 4) is 0 Å². The number of halogens is 1. The van der Waals surface area contributed by atoms with Crippen LogP contribution in [0.25, 0.3) is 0 Å². The predicted octanol–water partition coefficient (Wildman–Crippen LogP) is 3.36. The van der Waals surface area contributed by atoms with Crippen LogP contribution in [-0.2, 0) is 39.3 Å². The Morgan fingerprint density at radius 1 is 0.816 bits per heavy atom.